The number of hydrogen-bond acceptors (Lipinski definition) is 2. The van der Waals surface area contributed by atoms with E-state index in [1.165, 1.54) is 12.5 Å². The largest absolute Gasteiger partial charge is 0.234 e. The quantitative estimate of drug-likeness (QED) is 0.386. The molecule has 1 saturated carbocycles. The average molecular weight is 111 g/mol. The fourth-order valence-corrected chi connectivity index (χ4v) is 0.808. The van der Waals surface area contributed by atoms with Crippen LogP contribution in [-0.2, 0) is 4.79 Å². The molecule has 0 aromatic rings. The van der Waals surface area contributed by atoms with Gasteiger partial charge in [0.2, 0.25) is 6.08 Å². The van der Waals surface area contributed by atoms with Crippen LogP contribution < -0.4 is 0 Å². The molecule has 8 heavy (non-hydrogen) atoms. The SMILES string of the molecule is CC1CC1CN=C=O. The van der Waals surface area contributed by atoms with E-state index in [4.69, 9.17) is 0 Å². The van der Waals surface area contributed by atoms with Gasteiger partial charge in [0.15, 0.2) is 0 Å². The third kappa shape index (κ3) is 1.17. The highest BCUT2D eigenvalue weighted by molar-refractivity contribution is 5.32. The van der Waals surface area contributed by atoms with Crippen LogP contribution in [0.5, 0.6) is 0 Å². The topological polar surface area (TPSA) is 29.4 Å². The molecule has 1 aliphatic rings. The van der Waals surface area contributed by atoms with Crippen LogP contribution in [0.15, 0.2) is 4.99 Å². The molecule has 2 heteroatoms. The molecule has 0 amide bonds. The number of hydrogen-bond donors (Lipinski definition) is 0. The average Bonchev–Trinajstić information content (AvgIpc) is 2.42. The molecule has 0 heterocycles. The van der Waals surface area contributed by atoms with Crippen LogP contribution in [0, 0.1) is 11.8 Å². The summed E-state index contributed by atoms with van der Waals surface area (Å²) >= 11 is 0. The maximum Gasteiger partial charge on any atom is 0.234 e. The van der Waals surface area contributed by atoms with Crippen molar-refractivity contribution >= 4 is 6.08 Å². The summed E-state index contributed by atoms with van der Waals surface area (Å²) in [7, 11) is 0. The van der Waals surface area contributed by atoms with Crippen LogP contribution >= 0.6 is 0 Å². The van der Waals surface area contributed by atoms with Crippen molar-refractivity contribution in [3.8, 4) is 0 Å². The Balaban J connectivity index is 2.13. The van der Waals surface area contributed by atoms with Crippen LogP contribution in [0.2, 0.25) is 0 Å². The first kappa shape index (κ1) is 5.52. The Kier molecular flexibility index (Phi) is 1.45. The van der Waals surface area contributed by atoms with E-state index in [0.717, 1.165) is 5.92 Å². The predicted octanol–water partition coefficient (Wildman–Crippen LogP) is 0.978. The van der Waals surface area contributed by atoms with Crippen LogP contribution in [0.3, 0.4) is 0 Å². The van der Waals surface area contributed by atoms with Crippen molar-refractivity contribution in [2.45, 2.75) is 13.3 Å². The minimum atomic E-state index is 0.691. The highest BCUT2D eigenvalue weighted by Gasteiger charge is 2.31. The summed E-state index contributed by atoms with van der Waals surface area (Å²) in [6, 6.07) is 0. The zero-order valence-electron chi connectivity index (χ0n) is 4.92. The van der Waals surface area contributed by atoms with Gasteiger partial charge in [0.05, 0.1) is 6.54 Å². The van der Waals surface area contributed by atoms with Gasteiger partial charge < -0.3 is 0 Å². The fraction of sp³-hybridized carbons (Fsp3) is 0.833. The molecule has 1 rings (SSSR count). The zero-order chi connectivity index (χ0) is 5.98. The summed E-state index contributed by atoms with van der Waals surface area (Å²) in [6.07, 6.45) is 2.78. The number of aliphatic imine (C=N–C) groups is 1. The van der Waals surface area contributed by atoms with E-state index in [0.29, 0.717) is 12.5 Å². The highest BCUT2D eigenvalue weighted by Crippen LogP contribution is 2.37. The van der Waals surface area contributed by atoms with E-state index >= 15 is 0 Å². The first-order valence-corrected chi connectivity index (χ1v) is 2.88. The Hall–Kier alpha value is -0.620. The van der Waals surface area contributed by atoms with Gasteiger partial charge in [-0.1, -0.05) is 6.92 Å². The molecule has 0 aromatic heterocycles. The van der Waals surface area contributed by atoms with Crippen molar-refractivity contribution < 1.29 is 4.79 Å². The number of isocyanates is 1. The molecule has 0 N–H and O–H groups in total. The highest BCUT2D eigenvalue weighted by atomic mass is 16.1. The van der Waals surface area contributed by atoms with Gasteiger partial charge in [-0.2, -0.15) is 0 Å². The molecular formula is C6H9NO. The normalized spacial score (nSPS) is 33.6. The Morgan fingerprint density at radius 1 is 1.88 bits per heavy atom. The van der Waals surface area contributed by atoms with Crippen LogP contribution in [0.25, 0.3) is 0 Å². The fourth-order valence-electron chi connectivity index (χ4n) is 0.808. The molecule has 44 valence electrons. The van der Waals surface area contributed by atoms with E-state index in [1.807, 2.05) is 0 Å². The predicted molar refractivity (Wildman–Crippen MR) is 30.3 cm³/mol. The van der Waals surface area contributed by atoms with Crippen molar-refractivity contribution in [3.05, 3.63) is 0 Å². The van der Waals surface area contributed by atoms with Gasteiger partial charge in [-0.05, 0) is 18.3 Å². The van der Waals surface area contributed by atoms with Crippen molar-refractivity contribution in [2.24, 2.45) is 16.8 Å². The molecule has 1 aliphatic carbocycles. The number of nitrogens with zero attached hydrogens (tertiary/aromatic N) is 1. The van der Waals surface area contributed by atoms with E-state index in [1.54, 1.807) is 0 Å². The lowest BCUT2D eigenvalue weighted by atomic mass is 10.3. The number of rotatable bonds is 2. The maximum absolute atomic E-state index is 9.55. The smallest absolute Gasteiger partial charge is 0.211 e. The Morgan fingerprint density at radius 3 is 2.88 bits per heavy atom. The van der Waals surface area contributed by atoms with E-state index in [2.05, 4.69) is 11.9 Å². The van der Waals surface area contributed by atoms with E-state index < -0.39 is 0 Å². The van der Waals surface area contributed by atoms with Gasteiger partial charge in [0.25, 0.3) is 0 Å². The first-order valence-electron chi connectivity index (χ1n) is 2.88. The second-order valence-corrected chi connectivity index (χ2v) is 2.41. The summed E-state index contributed by atoms with van der Waals surface area (Å²) < 4.78 is 0. The lowest BCUT2D eigenvalue weighted by Gasteiger charge is -1.80. The second kappa shape index (κ2) is 2.10. The molecule has 0 bridgehead atoms. The third-order valence-electron chi connectivity index (χ3n) is 1.67. The molecule has 0 aliphatic heterocycles. The molecule has 0 aromatic carbocycles. The summed E-state index contributed by atoms with van der Waals surface area (Å²) in [4.78, 5) is 13.0. The van der Waals surface area contributed by atoms with Gasteiger partial charge in [0, 0.05) is 0 Å². The van der Waals surface area contributed by atoms with Crippen molar-refractivity contribution in [2.75, 3.05) is 6.54 Å². The van der Waals surface area contributed by atoms with E-state index in [-0.39, 0.29) is 0 Å². The molecule has 1 fully saturated rings. The van der Waals surface area contributed by atoms with E-state index in [9.17, 15) is 4.79 Å². The third-order valence-corrected chi connectivity index (χ3v) is 1.67. The lowest BCUT2D eigenvalue weighted by Crippen LogP contribution is -1.82. The maximum atomic E-state index is 9.55. The minimum Gasteiger partial charge on any atom is -0.211 e. The van der Waals surface area contributed by atoms with Crippen molar-refractivity contribution in [3.63, 3.8) is 0 Å². The van der Waals surface area contributed by atoms with Crippen LogP contribution in [-0.4, -0.2) is 12.6 Å². The van der Waals surface area contributed by atoms with Gasteiger partial charge >= 0.3 is 0 Å². The summed E-state index contributed by atoms with van der Waals surface area (Å²) in [5, 5.41) is 0. The molecule has 0 radical (unpaired) electrons. The van der Waals surface area contributed by atoms with Crippen molar-refractivity contribution in [1.29, 1.82) is 0 Å². The Morgan fingerprint density at radius 2 is 2.50 bits per heavy atom. The minimum absolute atomic E-state index is 0.691. The standard InChI is InChI=1S/C6H9NO/c1-5-2-6(5)3-7-4-8/h5-6H,2-3H2,1H3. The molecule has 2 nitrogen and oxygen atoms in total. The first-order chi connectivity index (χ1) is 3.84. The van der Waals surface area contributed by atoms with Crippen LogP contribution in [0.4, 0.5) is 0 Å². The van der Waals surface area contributed by atoms with Gasteiger partial charge in [0.1, 0.15) is 0 Å². The molecular weight excluding hydrogens is 102 g/mol. The van der Waals surface area contributed by atoms with Gasteiger partial charge in [-0.15, -0.1) is 0 Å². The number of carbonyl (C=O) groups excluding carboxylic acids is 1. The Labute approximate surface area is 48.6 Å². The summed E-state index contributed by atoms with van der Waals surface area (Å²) in [5.41, 5.74) is 0. The summed E-state index contributed by atoms with van der Waals surface area (Å²) in [6.45, 7) is 2.87. The molecule has 2 atom stereocenters. The van der Waals surface area contributed by atoms with Gasteiger partial charge in [-0.3, -0.25) is 0 Å². The zero-order valence-corrected chi connectivity index (χ0v) is 4.92. The Bertz CT molecular complexity index is 126. The molecule has 0 spiro atoms. The molecule has 2 unspecified atom stereocenters. The van der Waals surface area contributed by atoms with Gasteiger partial charge in [-0.25, -0.2) is 9.79 Å². The molecule has 0 saturated heterocycles. The second-order valence-electron chi connectivity index (χ2n) is 2.41. The monoisotopic (exact) mass is 111 g/mol. The van der Waals surface area contributed by atoms with Crippen LogP contribution in [0.1, 0.15) is 13.3 Å². The lowest BCUT2D eigenvalue weighted by molar-refractivity contribution is 0.561. The summed E-state index contributed by atoms with van der Waals surface area (Å²) in [5.74, 6) is 1.49. The van der Waals surface area contributed by atoms with Crippen molar-refractivity contribution in [1.82, 2.24) is 0 Å².